The molecule has 5 rings (SSSR count). The zero-order valence-corrected chi connectivity index (χ0v) is 21.1. The molecule has 0 bridgehead atoms. The molecule has 0 saturated carbocycles. The minimum atomic E-state index is -0.509. The molecular formula is C27H24N2O7S. The largest absolute Gasteiger partial charge is 0.462 e. The number of thiophene rings is 1. The van der Waals surface area contributed by atoms with E-state index in [1.54, 1.807) is 31.2 Å². The van der Waals surface area contributed by atoms with Gasteiger partial charge in [0.05, 0.1) is 17.9 Å². The molecule has 3 aromatic rings. The highest BCUT2D eigenvalue weighted by Crippen LogP contribution is 2.38. The Morgan fingerprint density at radius 2 is 1.73 bits per heavy atom. The Balaban J connectivity index is 1.39. The number of rotatable bonds is 7. The quantitative estimate of drug-likeness (QED) is 0.362. The molecule has 37 heavy (non-hydrogen) atoms. The number of amides is 3. The lowest BCUT2D eigenvalue weighted by atomic mass is 10.1. The van der Waals surface area contributed by atoms with E-state index in [2.05, 4.69) is 5.32 Å². The average molecular weight is 521 g/mol. The number of ether oxygens (including phenoxy) is 3. The van der Waals surface area contributed by atoms with Crippen LogP contribution in [-0.4, -0.2) is 37.1 Å². The van der Waals surface area contributed by atoms with Crippen LogP contribution >= 0.6 is 11.3 Å². The van der Waals surface area contributed by atoms with Crippen LogP contribution in [0, 0.1) is 6.92 Å². The average Bonchev–Trinajstić information content (AvgIpc) is 3.56. The van der Waals surface area contributed by atoms with Crippen molar-refractivity contribution in [2.75, 3.05) is 23.6 Å². The van der Waals surface area contributed by atoms with E-state index in [1.165, 1.54) is 11.3 Å². The van der Waals surface area contributed by atoms with Gasteiger partial charge in [-0.2, -0.15) is 0 Å². The highest BCUT2D eigenvalue weighted by atomic mass is 32.1. The van der Waals surface area contributed by atoms with Crippen molar-refractivity contribution in [1.29, 1.82) is 0 Å². The van der Waals surface area contributed by atoms with Gasteiger partial charge < -0.3 is 19.5 Å². The van der Waals surface area contributed by atoms with Gasteiger partial charge in [-0.05, 0) is 61.4 Å². The van der Waals surface area contributed by atoms with E-state index in [-0.39, 0.29) is 38.1 Å². The van der Waals surface area contributed by atoms with Crippen molar-refractivity contribution < 1.29 is 33.4 Å². The van der Waals surface area contributed by atoms with Crippen LogP contribution in [0.4, 0.5) is 10.7 Å². The van der Waals surface area contributed by atoms with Crippen molar-refractivity contribution >= 4 is 45.7 Å². The first kappa shape index (κ1) is 24.5. The van der Waals surface area contributed by atoms with Crippen LogP contribution in [0.15, 0.2) is 42.5 Å². The van der Waals surface area contributed by atoms with Crippen LogP contribution in [0.25, 0.3) is 0 Å². The summed E-state index contributed by atoms with van der Waals surface area (Å²) in [6, 6.07) is 11.9. The van der Waals surface area contributed by atoms with Crippen LogP contribution in [0.1, 0.15) is 56.5 Å². The van der Waals surface area contributed by atoms with E-state index >= 15 is 0 Å². The minimum absolute atomic E-state index is 0.185. The van der Waals surface area contributed by atoms with E-state index in [1.807, 2.05) is 25.1 Å². The van der Waals surface area contributed by atoms with Gasteiger partial charge in [0.25, 0.3) is 5.91 Å². The van der Waals surface area contributed by atoms with Gasteiger partial charge in [0.1, 0.15) is 5.00 Å². The minimum Gasteiger partial charge on any atom is -0.462 e. The maximum absolute atomic E-state index is 13.1. The third kappa shape index (κ3) is 4.79. The molecule has 0 atom stereocenters. The summed E-state index contributed by atoms with van der Waals surface area (Å²) in [5, 5.41) is 3.24. The molecule has 2 aliphatic heterocycles. The predicted octanol–water partition coefficient (Wildman–Crippen LogP) is 4.46. The van der Waals surface area contributed by atoms with Crippen molar-refractivity contribution in [1.82, 2.24) is 0 Å². The zero-order valence-electron chi connectivity index (χ0n) is 20.3. The summed E-state index contributed by atoms with van der Waals surface area (Å²) in [5.41, 5.74) is 2.78. The first-order valence-corrected chi connectivity index (χ1v) is 12.6. The molecule has 1 fully saturated rings. The third-order valence-electron chi connectivity index (χ3n) is 6.19. The Morgan fingerprint density at radius 3 is 2.43 bits per heavy atom. The zero-order chi connectivity index (χ0) is 26.1. The molecule has 10 heteroatoms. The van der Waals surface area contributed by atoms with Crippen LogP contribution in [0.2, 0.25) is 0 Å². The maximum atomic E-state index is 13.1. The summed E-state index contributed by atoms with van der Waals surface area (Å²) >= 11 is 1.31. The second-order valence-corrected chi connectivity index (χ2v) is 9.67. The van der Waals surface area contributed by atoms with Gasteiger partial charge in [0.2, 0.25) is 18.6 Å². The summed E-state index contributed by atoms with van der Waals surface area (Å²) < 4.78 is 16.1. The number of benzene rings is 2. The second-order valence-electron chi connectivity index (χ2n) is 8.56. The first-order chi connectivity index (χ1) is 17.9. The number of nitrogens with zero attached hydrogens (tertiary/aromatic N) is 1. The number of hydrogen-bond donors (Lipinski definition) is 1. The van der Waals surface area contributed by atoms with Gasteiger partial charge in [-0.1, -0.05) is 6.07 Å². The van der Waals surface area contributed by atoms with Gasteiger partial charge in [-0.25, -0.2) is 4.79 Å². The molecule has 3 amide bonds. The Morgan fingerprint density at radius 1 is 1.03 bits per heavy atom. The molecule has 2 aliphatic rings. The Hall–Kier alpha value is -4.18. The Kier molecular flexibility index (Phi) is 6.66. The fraction of sp³-hybridized carbons (Fsp3) is 0.259. The predicted molar refractivity (Wildman–Crippen MR) is 137 cm³/mol. The number of carbonyl (C=O) groups excluding carboxylic acids is 4. The van der Waals surface area contributed by atoms with E-state index in [0.717, 1.165) is 20.9 Å². The van der Waals surface area contributed by atoms with Crippen LogP contribution in [0.5, 0.6) is 11.5 Å². The molecule has 0 aliphatic carbocycles. The van der Waals surface area contributed by atoms with Gasteiger partial charge >= 0.3 is 5.97 Å². The third-order valence-corrected chi connectivity index (χ3v) is 7.40. The number of hydrogen-bond acceptors (Lipinski definition) is 8. The van der Waals surface area contributed by atoms with E-state index < -0.39 is 11.9 Å². The Bertz CT molecular complexity index is 1390. The lowest BCUT2D eigenvalue weighted by Crippen LogP contribution is -2.28. The lowest BCUT2D eigenvalue weighted by molar-refractivity contribution is -0.121. The summed E-state index contributed by atoms with van der Waals surface area (Å²) in [6.07, 6.45) is 0.899. The number of imide groups is 1. The van der Waals surface area contributed by atoms with Gasteiger partial charge in [0.15, 0.2) is 11.5 Å². The van der Waals surface area contributed by atoms with Crippen molar-refractivity contribution in [3.63, 3.8) is 0 Å². The molecule has 3 heterocycles. The number of anilines is 2. The van der Waals surface area contributed by atoms with Crippen molar-refractivity contribution in [2.24, 2.45) is 0 Å². The van der Waals surface area contributed by atoms with Crippen LogP contribution in [0.3, 0.4) is 0 Å². The second kappa shape index (κ2) is 10.1. The maximum Gasteiger partial charge on any atom is 0.341 e. The summed E-state index contributed by atoms with van der Waals surface area (Å²) in [7, 11) is 0. The van der Waals surface area contributed by atoms with Crippen LogP contribution in [-0.2, 0) is 20.7 Å². The first-order valence-electron chi connectivity index (χ1n) is 11.8. The molecule has 0 radical (unpaired) electrons. The van der Waals surface area contributed by atoms with Gasteiger partial charge in [-0.15, -0.1) is 11.3 Å². The van der Waals surface area contributed by atoms with Gasteiger partial charge in [-0.3, -0.25) is 19.3 Å². The van der Waals surface area contributed by atoms with E-state index in [4.69, 9.17) is 14.2 Å². The van der Waals surface area contributed by atoms with E-state index in [9.17, 15) is 19.2 Å². The Labute approximate surface area is 216 Å². The molecule has 190 valence electrons. The highest BCUT2D eigenvalue weighted by Gasteiger charge is 2.30. The number of nitrogens with one attached hydrogen (secondary N) is 1. The van der Waals surface area contributed by atoms with Crippen molar-refractivity contribution in [2.45, 2.75) is 33.1 Å². The molecule has 0 unspecified atom stereocenters. The molecule has 9 nitrogen and oxygen atoms in total. The lowest BCUT2D eigenvalue weighted by Gasteiger charge is -2.14. The van der Waals surface area contributed by atoms with Crippen molar-refractivity contribution in [3.8, 4) is 11.5 Å². The molecular weight excluding hydrogens is 496 g/mol. The van der Waals surface area contributed by atoms with Gasteiger partial charge in [0, 0.05) is 29.7 Å². The number of carbonyl (C=O) groups is 4. The molecule has 1 saturated heterocycles. The number of esters is 1. The molecule has 0 spiro atoms. The SMILES string of the molecule is CCOC(=O)c1c(NC(=O)c2ccc(N3C(=O)CCC3=O)cc2)sc(Cc2ccc3c(c2)OCO3)c1C. The summed E-state index contributed by atoms with van der Waals surface area (Å²) in [6.45, 7) is 3.95. The normalized spacial score (nSPS) is 14.3. The number of fused-ring (bicyclic) bond motifs is 1. The molecule has 1 N–H and O–H groups in total. The molecule has 2 aromatic carbocycles. The smallest absolute Gasteiger partial charge is 0.341 e. The van der Waals surface area contributed by atoms with Crippen LogP contribution < -0.4 is 19.7 Å². The summed E-state index contributed by atoms with van der Waals surface area (Å²) in [4.78, 5) is 51.9. The monoisotopic (exact) mass is 520 g/mol. The highest BCUT2D eigenvalue weighted by molar-refractivity contribution is 7.17. The fourth-order valence-electron chi connectivity index (χ4n) is 4.30. The van der Waals surface area contributed by atoms with Crippen molar-refractivity contribution in [3.05, 3.63) is 69.6 Å². The topological polar surface area (TPSA) is 111 Å². The standard InChI is InChI=1S/C27H24N2O7S/c1-3-34-27(33)24-15(2)21(13-16-4-9-19-20(12-16)36-14-35-19)37-26(24)28-25(32)17-5-7-18(8-6-17)29-22(30)10-11-23(29)31/h4-9,12H,3,10-11,13-14H2,1-2H3,(H,28,32). The van der Waals surface area contributed by atoms with E-state index in [0.29, 0.717) is 39.7 Å². The molecule has 1 aromatic heterocycles. The fourth-order valence-corrected chi connectivity index (χ4v) is 5.53. The summed E-state index contributed by atoms with van der Waals surface area (Å²) in [5.74, 6) is -0.0875.